The Balaban J connectivity index is 3.03. The van der Waals surface area contributed by atoms with Gasteiger partial charge in [-0.3, -0.25) is 4.79 Å². The molecule has 0 aliphatic heterocycles. The molecule has 1 aromatic carbocycles. The molecule has 4 N–H and O–H groups in total. The van der Waals surface area contributed by atoms with Gasteiger partial charge < -0.3 is 16.3 Å². The molecule has 1 rings (SSSR count). The second-order valence-corrected chi connectivity index (χ2v) is 4.88. The Morgan fingerprint density at radius 1 is 1.44 bits per heavy atom. The van der Waals surface area contributed by atoms with Crippen molar-refractivity contribution in [3.63, 3.8) is 0 Å². The number of carbonyl (C=O) groups excluding carboxylic acids is 1. The molecule has 1 amide bonds. The number of amidine groups is 1. The van der Waals surface area contributed by atoms with Gasteiger partial charge in [-0.05, 0) is 18.2 Å². The summed E-state index contributed by atoms with van der Waals surface area (Å²) < 4.78 is 13.4. The average Bonchev–Trinajstić information content (AvgIpc) is 2.29. The molecule has 0 unspecified atom stereocenters. The number of hydrogen-bond donors (Lipinski definition) is 3. The molecule has 0 aromatic heterocycles. The Morgan fingerprint density at radius 2 is 2.06 bits per heavy atom. The lowest BCUT2D eigenvalue weighted by molar-refractivity contribution is -0.123. The fourth-order valence-electron chi connectivity index (χ4n) is 1.17. The molecule has 6 heteroatoms. The molecule has 0 radical (unpaired) electrons. The average molecular weight is 253 g/mol. The SMILES string of the molecule is CC(C)(C)C(=O)Nc1ccc(F)c(C(N)=NO)c1. The summed E-state index contributed by atoms with van der Waals surface area (Å²) in [5.74, 6) is -1.18. The van der Waals surface area contributed by atoms with E-state index < -0.39 is 11.2 Å². The van der Waals surface area contributed by atoms with Crippen LogP contribution in [0.1, 0.15) is 26.3 Å². The minimum absolute atomic E-state index is 0.0655. The molecule has 0 heterocycles. The van der Waals surface area contributed by atoms with Gasteiger partial charge in [0, 0.05) is 11.1 Å². The standard InChI is InChI=1S/C12H16FN3O2/c1-12(2,3)11(17)15-7-4-5-9(13)8(6-7)10(14)16-18/h4-6,18H,1-3H3,(H2,14,16)(H,15,17). The Labute approximate surface area is 104 Å². The van der Waals surface area contributed by atoms with Crippen LogP contribution in [0.15, 0.2) is 23.4 Å². The molecule has 5 nitrogen and oxygen atoms in total. The van der Waals surface area contributed by atoms with Crippen LogP contribution in [0.3, 0.4) is 0 Å². The number of nitrogens with zero attached hydrogens (tertiary/aromatic N) is 1. The highest BCUT2D eigenvalue weighted by atomic mass is 19.1. The first-order valence-electron chi connectivity index (χ1n) is 5.34. The number of halogens is 1. The van der Waals surface area contributed by atoms with Crippen LogP contribution in [0.2, 0.25) is 0 Å². The normalized spacial score (nSPS) is 12.3. The first kappa shape index (κ1) is 14.0. The summed E-state index contributed by atoms with van der Waals surface area (Å²) >= 11 is 0. The second-order valence-electron chi connectivity index (χ2n) is 4.88. The molecule has 0 saturated heterocycles. The van der Waals surface area contributed by atoms with E-state index in [1.165, 1.54) is 12.1 Å². The van der Waals surface area contributed by atoms with E-state index >= 15 is 0 Å². The summed E-state index contributed by atoms with van der Waals surface area (Å²) in [4.78, 5) is 11.8. The van der Waals surface area contributed by atoms with Crippen molar-refractivity contribution in [2.75, 3.05) is 5.32 Å². The van der Waals surface area contributed by atoms with Crippen molar-refractivity contribution < 1.29 is 14.4 Å². The van der Waals surface area contributed by atoms with Crippen molar-refractivity contribution in [1.82, 2.24) is 0 Å². The molecule has 0 atom stereocenters. The molecule has 1 aromatic rings. The molecule has 0 saturated carbocycles. The summed E-state index contributed by atoms with van der Waals surface area (Å²) in [7, 11) is 0. The van der Waals surface area contributed by atoms with Crippen LogP contribution in [-0.2, 0) is 4.79 Å². The van der Waals surface area contributed by atoms with Crippen molar-refractivity contribution in [2.24, 2.45) is 16.3 Å². The lowest BCUT2D eigenvalue weighted by atomic mass is 9.95. The minimum atomic E-state index is -0.626. The molecular weight excluding hydrogens is 237 g/mol. The van der Waals surface area contributed by atoms with Crippen molar-refractivity contribution >= 4 is 17.4 Å². The van der Waals surface area contributed by atoms with Gasteiger partial charge in [-0.25, -0.2) is 4.39 Å². The zero-order valence-corrected chi connectivity index (χ0v) is 10.5. The Bertz CT molecular complexity index is 493. The molecule has 18 heavy (non-hydrogen) atoms. The summed E-state index contributed by atoms with van der Waals surface area (Å²) in [6.07, 6.45) is 0. The van der Waals surface area contributed by atoms with Gasteiger partial charge in [0.1, 0.15) is 5.82 Å². The molecule has 0 spiro atoms. The number of oxime groups is 1. The number of nitrogens with one attached hydrogen (secondary N) is 1. The van der Waals surface area contributed by atoms with Crippen LogP contribution in [0.4, 0.5) is 10.1 Å². The van der Waals surface area contributed by atoms with Crippen LogP contribution in [0.5, 0.6) is 0 Å². The highest BCUT2D eigenvalue weighted by Crippen LogP contribution is 2.19. The maximum absolute atomic E-state index is 13.4. The quantitative estimate of drug-likeness (QED) is 0.325. The van der Waals surface area contributed by atoms with Gasteiger partial charge >= 0.3 is 0 Å². The number of rotatable bonds is 2. The van der Waals surface area contributed by atoms with Crippen LogP contribution in [0.25, 0.3) is 0 Å². The lowest BCUT2D eigenvalue weighted by Crippen LogP contribution is -2.27. The lowest BCUT2D eigenvalue weighted by Gasteiger charge is -2.18. The van der Waals surface area contributed by atoms with Crippen molar-refractivity contribution in [1.29, 1.82) is 0 Å². The van der Waals surface area contributed by atoms with Crippen LogP contribution in [-0.4, -0.2) is 17.0 Å². The highest BCUT2D eigenvalue weighted by Gasteiger charge is 2.21. The van der Waals surface area contributed by atoms with Crippen LogP contribution in [0, 0.1) is 11.2 Å². The minimum Gasteiger partial charge on any atom is -0.409 e. The van der Waals surface area contributed by atoms with Gasteiger partial charge in [0.25, 0.3) is 0 Å². The van der Waals surface area contributed by atoms with E-state index in [1.54, 1.807) is 20.8 Å². The summed E-state index contributed by atoms with van der Waals surface area (Å²) in [5.41, 5.74) is 5.08. The maximum atomic E-state index is 13.4. The fraction of sp³-hybridized carbons (Fsp3) is 0.333. The first-order valence-corrected chi connectivity index (χ1v) is 5.34. The second kappa shape index (κ2) is 5.03. The summed E-state index contributed by atoms with van der Waals surface area (Å²) in [6.45, 7) is 5.28. The van der Waals surface area contributed by atoms with Gasteiger partial charge in [-0.2, -0.15) is 0 Å². The Hall–Kier alpha value is -2.11. The third-order valence-electron chi connectivity index (χ3n) is 2.29. The van der Waals surface area contributed by atoms with E-state index in [0.29, 0.717) is 5.69 Å². The highest BCUT2D eigenvalue weighted by molar-refractivity contribution is 6.00. The number of benzene rings is 1. The van der Waals surface area contributed by atoms with Crippen molar-refractivity contribution in [2.45, 2.75) is 20.8 Å². The molecule has 0 aliphatic rings. The molecule has 0 fully saturated rings. The largest absolute Gasteiger partial charge is 0.409 e. The van der Waals surface area contributed by atoms with Gasteiger partial charge in [0.15, 0.2) is 5.84 Å². The third kappa shape index (κ3) is 3.19. The van der Waals surface area contributed by atoms with Crippen LogP contribution >= 0.6 is 0 Å². The predicted octanol–water partition coefficient (Wildman–Crippen LogP) is 1.90. The molecule has 0 bridgehead atoms. The maximum Gasteiger partial charge on any atom is 0.229 e. The van der Waals surface area contributed by atoms with Crippen molar-refractivity contribution in [3.8, 4) is 0 Å². The molecular formula is C12H16FN3O2. The predicted molar refractivity (Wildman–Crippen MR) is 67.0 cm³/mol. The number of nitrogens with two attached hydrogens (primary N) is 1. The number of hydrogen-bond acceptors (Lipinski definition) is 3. The van der Waals surface area contributed by atoms with Gasteiger partial charge in [-0.15, -0.1) is 0 Å². The van der Waals surface area contributed by atoms with E-state index in [4.69, 9.17) is 10.9 Å². The molecule has 98 valence electrons. The monoisotopic (exact) mass is 253 g/mol. The Kier molecular flexibility index (Phi) is 3.90. The van der Waals surface area contributed by atoms with E-state index in [0.717, 1.165) is 6.07 Å². The summed E-state index contributed by atoms with van der Waals surface area (Å²) in [6, 6.07) is 3.87. The van der Waals surface area contributed by atoms with Crippen LogP contribution < -0.4 is 11.1 Å². The van der Waals surface area contributed by atoms with Crippen molar-refractivity contribution in [3.05, 3.63) is 29.6 Å². The van der Waals surface area contributed by atoms with E-state index in [-0.39, 0.29) is 17.3 Å². The zero-order chi connectivity index (χ0) is 13.9. The van der Waals surface area contributed by atoms with E-state index in [9.17, 15) is 9.18 Å². The number of carbonyl (C=O) groups is 1. The first-order chi connectivity index (χ1) is 8.25. The van der Waals surface area contributed by atoms with Gasteiger partial charge in [0.05, 0.1) is 5.56 Å². The van der Waals surface area contributed by atoms with Gasteiger partial charge in [0.2, 0.25) is 5.91 Å². The fourth-order valence-corrected chi connectivity index (χ4v) is 1.17. The number of anilines is 1. The topological polar surface area (TPSA) is 87.7 Å². The summed E-state index contributed by atoms with van der Waals surface area (Å²) in [5, 5.41) is 13.9. The van der Waals surface area contributed by atoms with E-state index in [2.05, 4.69) is 10.5 Å². The smallest absolute Gasteiger partial charge is 0.229 e. The van der Waals surface area contributed by atoms with Gasteiger partial charge in [-0.1, -0.05) is 25.9 Å². The van der Waals surface area contributed by atoms with E-state index in [1.807, 2.05) is 0 Å². The number of amides is 1. The Morgan fingerprint density at radius 3 is 2.56 bits per heavy atom. The zero-order valence-electron chi connectivity index (χ0n) is 10.5. The third-order valence-corrected chi connectivity index (χ3v) is 2.29. The molecule has 0 aliphatic carbocycles.